The zero-order chi connectivity index (χ0) is 11.8. The van der Waals surface area contributed by atoms with Crippen molar-refractivity contribution in [1.82, 2.24) is 9.78 Å². The van der Waals surface area contributed by atoms with Crippen molar-refractivity contribution in [2.75, 3.05) is 6.61 Å². The van der Waals surface area contributed by atoms with Gasteiger partial charge in [0.2, 0.25) is 0 Å². The van der Waals surface area contributed by atoms with E-state index in [9.17, 15) is 0 Å². The molecule has 0 saturated carbocycles. The lowest BCUT2D eigenvalue weighted by molar-refractivity contribution is 0.128. The summed E-state index contributed by atoms with van der Waals surface area (Å²) in [6, 6.07) is 0. The number of hydrogen-bond acceptors (Lipinski definition) is 2. The maximum Gasteiger partial charge on any atom is 0.0887 e. The van der Waals surface area contributed by atoms with Crippen LogP contribution in [-0.4, -0.2) is 16.4 Å². The fourth-order valence-electron chi connectivity index (χ4n) is 1.59. The van der Waals surface area contributed by atoms with Crippen LogP contribution in [0.25, 0.3) is 0 Å². The lowest BCUT2D eigenvalue weighted by Gasteiger charge is -2.04. The van der Waals surface area contributed by atoms with Crippen molar-refractivity contribution in [3.05, 3.63) is 17.0 Å². The molecule has 0 amide bonds. The molecule has 1 rings (SSSR count). The molecule has 0 N–H and O–H groups in total. The second kappa shape index (κ2) is 7.46. The van der Waals surface area contributed by atoms with Crippen molar-refractivity contribution in [3.63, 3.8) is 0 Å². The average Bonchev–Trinajstić information content (AvgIpc) is 2.52. The monoisotopic (exact) mass is 212 g/mol. The van der Waals surface area contributed by atoms with E-state index in [0.29, 0.717) is 6.61 Å². The van der Waals surface area contributed by atoms with Gasteiger partial charge in [-0.2, -0.15) is 5.10 Å². The predicted octanol–water partition coefficient (Wildman–Crippen LogP) is 2.85. The Morgan fingerprint density at radius 3 is 2.33 bits per heavy atom. The first kappa shape index (κ1) is 14.2. The molecule has 1 heterocycles. The van der Waals surface area contributed by atoms with Gasteiger partial charge in [-0.05, 0) is 25.8 Å². The summed E-state index contributed by atoms with van der Waals surface area (Å²) in [5, 5.41) is 4.37. The van der Waals surface area contributed by atoms with Gasteiger partial charge in [0, 0.05) is 13.7 Å². The van der Waals surface area contributed by atoms with Crippen molar-refractivity contribution in [2.45, 2.75) is 47.6 Å². The second-order valence-electron chi connectivity index (χ2n) is 3.12. The van der Waals surface area contributed by atoms with Crippen LogP contribution in [0.5, 0.6) is 0 Å². The maximum atomic E-state index is 5.40. The van der Waals surface area contributed by atoms with Gasteiger partial charge in [-0.15, -0.1) is 0 Å². The Hall–Kier alpha value is -0.830. The highest BCUT2D eigenvalue weighted by atomic mass is 16.5. The zero-order valence-electron chi connectivity index (χ0n) is 10.9. The lowest BCUT2D eigenvalue weighted by atomic mass is 10.1. The Morgan fingerprint density at radius 2 is 1.87 bits per heavy atom. The fourth-order valence-corrected chi connectivity index (χ4v) is 1.59. The summed E-state index contributed by atoms with van der Waals surface area (Å²) in [5.74, 6) is 0. The number of hydrogen-bond donors (Lipinski definition) is 0. The van der Waals surface area contributed by atoms with Crippen molar-refractivity contribution in [3.8, 4) is 0 Å². The van der Waals surface area contributed by atoms with Gasteiger partial charge in [0.05, 0.1) is 18.0 Å². The summed E-state index contributed by atoms with van der Waals surface area (Å²) < 4.78 is 7.32. The minimum atomic E-state index is 0.678. The van der Waals surface area contributed by atoms with Crippen LogP contribution in [0.1, 0.15) is 44.6 Å². The van der Waals surface area contributed by atoms with Crippen LogP contribution < -0.4 is 0 Å². The topological polar surface area (TPSA) is 27.1 Å². The van der Waals surface area contributed by atoms with Crippen LogP contribution >= 0.6 is 0 Å². The molecule has 0 saturated heterocycles. The number of ether oxygens (including phenoxy) is 1. The number of aryl methyl sites for hydroxylation is 2. The normalized spacial score (nSPS) is 9.73. The van der Waals surface area contributed by atoms with E-state index in [1.165, 1.54) is 11.3 Å². The Bertz CT molecular complexity index is 279. The first-order chi connectivity index (χ1) is 7.20. The van der Waals surface area contributed by atoms with Gasteiger partial charge >= 0.3 is 0 Å². The molecule has 0 bridgehead atoms. The molecule has 1 aromatic rings. The summed E-state index contributed by atoms with van der Waals surface area (Å²) in [6.45, 7) is 11.6. The molecule has 0 atom stereocenters. The van der Waals surface area contributed by atoms with Crippen LogP contribution in [0, 0.1) is 6.92 Å². The van der Waals surface area contributed by atoms with E-state index in [2.05, 4.69) is 12.0 Å². The van der Waals surface area contributed by atoms with E-state index in [4.69, 9.17) is 4.74 Å². The van der Waals surface area contributed by atoms with Crippen LogP contribution in [0.15, 0.2) is 0 Å². The molecule has 0 aromatic carbocycles. The summed E-state index contributed by atoms with van der Waals surface area (Å²) in [5.41, 5.74) is 3.66. The number of nitrogens with zero attached hydrogens (tertiary/aromatic N) is 2. The van der Waals surface area contributed by atoms with E-state index in [0.717, 1.165) is 18.7 Å². The third kappa shape index (κ3) is 3.67. The summed E-state index contributed by atoms with van der Waals surface area (Å²) in [7, 11) is 1.97. The standard InChI is InChI=1S/C10H18N2O.C2H6/c1-5-9-8(3)11-12(4)10(9)7-13-6-2;1-2/h5-7H2,1-4H3;1-2H3. The van der Waals surface area contributed by atoms with E-state index >= 15 is 0 Å². The third-order valence-electron chi connectivity index (χ3n) is 2.27. The number of aromatic nitrogens is 2. The molecule has 0 radical (unpaired) electrons. The molecule has 0 aliphatic rings. The van der Waals surface area contributed by atoms with Gasteiger partial charge in [0.15, 0.2) is 0 Å². The summed E-state index contributed by atoms with van der Waals surface area (Å²) >= 11 is 0. The van der Waals surface area contributed by atoms with Gasteiger partial charge in [0.1, 0.15) is 0 Å². The molecule has 0 fully saturated rings. The molecular weight excluding hydrogens is 188 g/mol. The van der Waals surface area contributed by atoms with E-state index in [-0.39, 0.29) is 0 Å². The van der Waals surface area contributed by atoms with E-state index < -0.39 is 0 Å². The Balaban J connectivity index is 0.000000921. The van der Waals surface area contributed by atoms with E-state index in [1.807, 2.05) is 39.4 Å². The highest BCUT2D eigenvalue weighted by Crippen LogP contribution is 2.14. The molecule has 88 valence electrons. The minimum absolute atomic E-state index is 0.678. The molecule has 0 aliphatic carbocycles. The zero-order valence-corrected chi connectivity index (χ0v) is 10.9. The molecule has 0 aliphatic heterocycles. The average molecular weight is 212 g/mol. The second-order valence-corrected chi connectivity index (χ2v) is 3.12. The van der Waals surface area contributed by atoms with Crippen LogP contribution in [0.2, 0.25) is 0 Å². The van der Waals surface area contributed by atoms with Gasteiger partial charge < -0.3 is 4.74 Å². The van der Waals surface area contributed by atoms with Gasteiger partial charge in [-0.3, -0.25) is 4.68 Å². The molecular formula is C12H24N2O. The molecule has 15 heavy (non-hydrogen) atoms. The van der Waals surface area contributed by atoms with Crippen molar-refractivity contribution >= 4 is 0 Å². The first-order valence-electron chi connectivity index (χ1n) is 5.79. The summed E-state index contributed by atoms with van der Waals surface area (Å²) in [4.78, 5) is 0. The van der Waals surface area contributed by atoms with Crippen LogP contribution in [0.4, 0.5) is 0 Å². The largest absolute Gasteiger partial charge is 0.375 e. The third-order valence-corrected chi connectivity index (χ3v) is 2.27. The SMILES string of the molecule is CC.CCOCc1c(CC)c(C)nn1C. The van der Waals surface area contributed by atoms with E-state index in [1.54, 1.807) is 0 Å². The lowest BCUT2D eigenvalue weighted by Crippen LogP contribution is -2.03. The molecule has 0 unspecified atom stereocenters. The van der Waals surface area contributed by atoms with Crippen molar-refractivity contribution in [2.24, 2.45) is 7.05 Å². The predicted molar refractivity (Wildman–Crippen MR) is 64.0 cm³/mol. The highest BCUT2D eigenvalue weighted by Gasteiger charge is 2.10. The Morgan fingerprint density at radius 1 is 1.27 bits per heavy atom. The molecule has 3 nitrogen and oxygen atoms in total. The number of rotatable bonds is 4. The van der Waals surface area contributed by atoms with Crippen molar-refractivity contribution < 1.29 is 4.74 Å². The maximum absolute atomic E-state index is 5.40. The molecule has 1 aromatic heterocycles. The minimum Gasteiger partial charge on any atom is -0.375 e. The Labute approximate surface area is 93.4 Å². The molecule has 0 spiro atoms. The highest BCUT2D eigenvalue weighted by molar-refractivity contribution is 5.24. The van der Waals surface area contributed by atoms with Crippen LogP contribution in [0.3, 0.4) is 0 Å². The fraction of sp³-hybridized carbons (Fsp3) is 0.750. The van der Waals surface area contributed by atoms with Crippen molar-refractivity contribution in [1.29, 1.82) is 0 Å². The smallest absolute Gasteiger partial charge is 0.0887 e. The van der Waals surface area contributed by atoms with Crippen LogP contribution in [-0.2, 0) is 24.8 Å². The van der Waals surface area contributed by atoms with Gasteiger partial charge in [-0.25, -0.2) is 0 Å². The molecule has 3 heteroatoms. The van der Waals surface area contributed by atoms with Gasteiger partial charge in [-0.1, -0.05) is 20.8 Å². The van der Waals surface area contributed by atoms with Gasteiger partial charge in [0.25, 0.3) is 0 Å². The summed E-state index contributed by atoms with van der Waals surface area (Å²) in [6.07, 6.45) is 1.03. The quantitative estimate of drug-likeness (QED) is 0.767. The Kier molecular flexibility index (Phi) is 7.05. The first-order valence-corrected chi connectivity index (χ1v) is 5.79.